The standard InChI is InChI=1S/C30H34N4O5/c1-20(2)21-9-10-26-23(16-21)25(35)17-27(39-26)30(38)31-18-29(37)33-14-12-32(13-15-33)24-7-4-3-6-22(24)19-34-11-5-8-28(34)36/h3-4,6-7,9-10,16-17,20H,5,8,11-15,18-19H2,1-2H3,(H,31,38). The van der Waals surface area contributed by atoms with Crippen LogP contribution in [0.1, 0.15) is 54.3 Å². The van der Waals surface area contributed by atoms with Crippen molar-refractivity contribution in [2.75, 3.05) is 44.2 Å². The van der Waals surface area contributed by atoms with Gasteiger partial charge >= 0.3 is 0 Å². The molecule has 204 valence electrons. The Balaban J connectivity index is 1.16. The molecule has 0 radical (unpaired) electrons. The predicted molar refractivity (Wildman–Crippen MR) is 149 cm³/mol. The Hall–Kier alpha value is -4.14. The maximum Gasteiger partial charge on any atom is 0.287 e. The van der Waals surface area contributed by atoms with Gasteiger partial charge in [-0.1, -0.05) is 38.1 Å². The lowest BCUT2D eigenvalue weighted by atomic mass is 10.0. The van der Waals surface area contributed by atoms with Gasteiger partial charge in [0.1, 0.15) is 5.58 Å². The topological polar surface area (TPSA) is 103 Å². The Morgan fingerprint density at radius 3 is 2.46 bits per heavy atom. The average Bonchev–Trinajstić information content (AvgIpc) is 3.35. The molecule has 1 N–H and O–H groups in total. The van der Waals surface area contributed by atoms with E-state index in [0.717, 1.165) is 29.8 Å². The van der Waals surface area contributed by atoms with Crippen LogP contribution < -0.4 is 15.6 Å². The number of amides is 3. The summed E-state index contributed by atoms with van der Waals surface area (Å²) in [6.45, 7) is 7.65. The summed E-state index contributed by atoms with van der Waals surface area (Å²) in [6, 6.07) is 14.7. The Bertz CT molecular complexity index is 1460. The van der Waals surface area contributed by atoms with E-state index in [2.05, 4.69) is 22.3 Å². The Morgan fingerprint density at radius 1 is 0.974 bits per heavy atom. The molecule has 1 aromatic heterocycles. The number of likely N-dealkylation sites (tertiary alicyclic amines) is 1. The Labute approximate surface area is 227 Å². The molecule has 2 aliphatic rings. The number of para-hydroxylation sites is 1. The van der Waals surface area contributed by atoms with Crippen LogP contribution >= 0.6 is 0 Å². The first-order valence-corrected chi connectivity index (χ1v) is 13.5. The third-order valence-electron chi connectivity index (χ3n) is 7.54. The number of nitrogens with one attached hydrogen (secondary N) is 1. The van der Waals surface area contributed by atoms with Crippen LogP contribution in [0.15, 0.2) is 57.7 Å². The van der Waals surface area contributed by atoms with Gasteiger partial charge in [0.05, 0.1) is 11.9 Å². The lowest BCUT2D eigenvalue weighted by molar-refractivity contribution is -0.130. The molecule has 39 heavy (non-hydrogen) atoms. The molecule has 0 spiro atoms. The van der Waals surface area contributed by atoms with Gasteiger partial charge in [0.15, 0.2) is 11.2 Å². The van der Waals surface area contributed by atoms with Crippen LogP contribution in [-0.4, -0.2) is 66.8 Å². The van der Waals surface area contributed by atoms with Gasteiger partial charge in [0.25, 0.3) is 5.91 Å². The summed E-state index contributed by atoms with van der Waals surface area (Å²) in [5.74, 6) is -0.441. The molecule has 0 aliphatic carbocycles. The summed E-state index contributed by atoms with van der Waals surface area (Å²) in [6.07, 6.45) is 1.52. The molecule has 0 atom stereocenters. The number of anilines is 1. The molecule has 3 heterocycles. The van der Waals surface area contributed by atoms with Crippen LogP contribution in [0, 0.1) is 0 Å². The number of hydrogen-bond acceptors (Lipinski definition) is 6. The van der Waals surface area contributed by atoms with Crippen molar-refractivity contribution in [3.8, 4) is 0 Å². The number of nitrogens with zero attached hydrogens (tertiary/aromatic N) is 3. The molecule has 0 bridgehead atoms. The maximum atomic E-state index is 12.8. The number of rotatable bonds is 7. The second-order valence-electron chi connectivity index (χ2n) is 10.5. The van der Waals surface area contributed by atoms with Crippen LogP contribution in [-0.2, 0) is 16.1 Å². The van der Waals surface area contributed by atoms with E-state index in [4.69, 9.17) is 4.42 Å². The molecule has 2 saturated heterocycles. The van der Waals surface area contributed by atoms with Gasteiger partial charge in [0, 0.05) is 57.4 Å². The highest BCUT2D eigenvalue weighted by Gasteiger charge is 2.25. The van der Waals surface area contributed by atoms with Crippen molar-refractivity contribution < 1.29 is 18.8 Å². The zero-order valence-corrected chi connectivity index (χ0v) is 22.4. The molecule has 5 rings (SSSR count). The van der Waals surface area contributed by atoms with Gasteiger partial charge in [-0.05, 0) is 41.7 Å². The van der Waals surface area contributed by atoms with E-state index in [0.29, 0.717) is 50.1 Å². The molecule has 2 aliphatic heterocycles. The van der Waals surface area contributed by atoms with Crippen molar-refractivity contribution >= 4 is 34.4 Å². The van der Waals surface area contributed by atoms with E-state index in [9.17, 15) is 19.2 Å². The minimum Gasteiger partial charge on any atom is -0.451 e. The summed E-state index contributed by atoms with van der Waals surface area (Å²) < 4.78 is 5.68. The predicted octanol–water partition coefficient (Wildman–Crippen LogP) is 3.12. The van der Waals surface area contributed by atoms with Crippen molar-refractivity contribution in [3.05, 3.63) is 75.6 Å². The van der Waals surface area contributed by atoms with E-state index in [1.807, 2.05) is 36.9 Å². The SMILES string of the molecule is CC(C)c1ccc2oc(C(=O)NCC(=O)N3CCN(c4ccccc4CN4CCCC4=O)CC3)cc(=O)c2c1. The first-order valence-electron chi connectivity index (χ1n) is 13.5. The lowest BCUT2D eigenvalue weighted by Crippen LogP contribution is -2.51. The second kappa shape index (κ2) is 11.3. The molecule has 3 aromatic rings. The largest absolute Gasteiger partial charge is 0.451 e. The quantitative estimate of drug-likeness (QED) is 0.504. The lowest BCUT2D eigenvalue weighted by Gasteiger charge is -2.37. The number of hydrogen-bond donors (Lipinski definition) is 1. The molecule has 2 aromatic carbocycles. The summed E-state index contributed by atoms with van der Waals surface area (Å²) in [4.78, 5) is 56.1. The highest BCUT2D eigenvalue weighted by atomic mass is 16.3. The fourth-order valence-electron chi connectivity index (χ4n) is 5.23. The first-order chi connectivity index (χ1) is 18.8. The van der Waals surface area contributed by atoms with Crippen LogP contribution in [0.3, 0.4) is 0 Å². The van der Waals surface area contributed by atoms with E-state index < -0.39 is 5.91 Å². The van der Waals surface area contributed by atoms with Crippen molar-refractivity contribution in [1.29, 1.82) is 0 Å². The number of fused-ring (bicyclic) bond motifs is 1. The third-order valence-corrected chi connectivity index (χ3v) is 7.54. The van der Waals surface area contributed by atoms with Gasteiger partial charge in [-0.25, -0.2) is 0 Å². The highest BCUT2D eigenvalue weighted by molar-refractivity contribution is 5.95. The molecular weight excluding hydrogens is 496 g/mol. The Morgan fingerprint density at radius 2 is 1.74 bits per heavy atom. The Kier molecular flexibility index (Phi) is 7.67. The minimum absolute atomic E-state index is 0.115. The van der Waals surface area contributed by atoms with E-state index in [1.165, 1.54) is 6.07 Å². The molecular formula is C30H34N4O5. The smallest absolute Gasteiger partial charge is 0.287 e. The maximum absolute atomic E-state index is 12.8. The molecule has 0 unspecified atom stereocenters. The van der Waals surface area contributed by atoms with Crippen LogP contribution in [0.4, 0.5) is 5.69 Å². The summed E-state index contributed by atoms with van der Waals surface area (Å²) >= 11 is 0. The number of carbonyl (C=O) groups is 3. The zero-order chi connectivity index (χ0) is 27.5. The van der Waals surface area contributed by atoms with Gasteiger partial charge in [-0.2, -0.15) is 0 Å². The van der Waals surface area contributed by atoms with Gasteiger partial charge < -0.3 is 24.4 Å². The summed E-state index contributed by atoms with van der Waals surface area (Å²) in [5, 5.41) is 3.03. The normalized spacial score (nSPS) is 15.9. The monoisotopic (exact) mass is 530 g/mol. The van der Waals surface area contributed by atoms with Crippen LogP contribution in [0.25, 0.3) is 11.0 Å². The molecule has 0 saturated carbocycles. The first kappa shape index (κ1) is 26.5. The molecule has 3 amide bonds. The van der Waals surface area contributed by atoms with Gasteiger partial charge in [-0.15, -0.1) is 0 Å². The van der Waals surface area contributed by atoms with E-state index in [1.54, 1.807) is 17.0 Å². The van der Waals surface area contributed by atoms with Crippen molar-refractivity contribution in [2.24, 2.45) is 0 Å². The molecule has 9 nitrogen and oxygen atoms in total. The summed E-state index contributed by atoms with van der Waals surface area (Å²) in [5.41, 5.74) is 3.26. The number of piperazine rings is 1. The zero-order valence-electron chi connectivity index (χ0n) is 22.4. The summed E-state index contributed by atoms with van der Waals surface area (Å²) in [7, 11) is 0. The second-order valence-corrected chi connectivity index (χ2v) is 10.5. The number of benzene rings is 2. The van der Waals surface area contributed by atoms with Gasteiger partial charge in [-0.3, -0.25) is 19.2 Å². The third kappa shape index (κ3) is 5.82. The minimum atomic E-state index is -0.598. The van der Waals surface area contributed by atoms with Crippen molar-refractivity contribution in [3.63, 3.8) is 0 Å². The number of carbonyl (C=O) groups excluding carboxylic acids is 3. The van der Waals surface area contributed by atoms with Crippen LogP contribution in [0.2, 0.25) is 0 Å². The highest BCUT2D eigenvalue weighted by Crippen LogP contribution is 2.25. The fraction of sp³-hybridized carbons (Fsp3) is 0.400. The van der Waals surface area contributed by atoms with Crippen molar-refractivity contribution in [1.82, 2.24) is 15.1 Å². The molecule has 2 fully saturated rings. The van der Waals surface area contributed by atoms with Crippen LogP contribution in [0.5, 0.6) is 0 Å². The van der Waals surface area contributed by atoms with E-state index in [-0.39, 0.29) is 35.5 Å². The molecule has 9 heteroatoms. The van der Waals surface area contributed by atoms with Crippen molar-refractivity contribution in [2.45, 2.75) is 39.2 Å². The van der Waals surface area contributed by atoms with Gasteiger partial charge in [0.2, 0.25) is 11.8 Å². The van der Waals surface area contributed by atoms with E-state index >= 15 is 0 Å². The average molecular weight is 531 g/mol. The fourth-order valence-corrected chi connectivity index (χ4v) is 5.23.